The van der Waals surface area contributed by atoms with E-state index in [9.17, 15) is 18.0 Å². The summed E-state index contributed by atoms with van der Waals surface area (Å²) in [6.45, 7) is 2.17. The number of ether oxygens (including phenoxy) is 2. The number of hydrogen-bond donors (Lipinski definition) is 0. The molecule has 0 aromatic heterocycles. The normalized spacial score (nSPS) is 19.6. The number of unbranched alkanes of at least 4 members (excludes halogenated alkanes) is 1. The minimum atomic E-state index is -4.50. The molecule has 1 saturated carbocycles. The summed E-state index contributed by atoms with van der Waals surface area (Å²) < 4.78 is 52.6. The average Bonchev–Trinajstić information content (AvgIpc) is 2.71. The van der Waals surface area contributed by atoms with Crippen LogP contribution in [0, 0.1) is 5.92 Å². The first-order valence-electron chi connectivity index (χ1n) is 10.6. The van der Waals surface area contributed by atoms with Gasteiger partial charge in [-0.15, -0.1) is 0 Å². The second-order valence-corrected chi connectivity index (χ2v) is 8.23. The molecule has 0 N–H and O–H groups in total. The minimum Gasteiger partial charge on any atom is -0.490 e. The maximum Gasteiger partial charge on any atom is 0.420 e. The van der Waals surface area contributed by atoms with E-state index in [0.717, 1.165) is 31.2 Å². The molecular formula is C24H29F3O3. The molecular weight excluding hydrogens is 393 g/mol. The van der Waals surface area contributed by atoms with Crippen molar-refractivity contribution in [2.24, 2.45) is 5.92 Å². The topological polar surface area (TPSA) is 35.5 Å². The SMILES string of the molecule is COC(=O)CCCCc1cccc2c(C(F)(F)F)c(OC3CCC(C)CC3)ccc12. The monoisotopic (exact) mass is 422 g/mol. The van der Waals surface area contributed by atoms with E-state index in [4.69, 9.17) is 4.74 Å². The molecule has 6 heteroatoms. The van der Waals surface area contributed by atoms with Crippen LogP contribution < -0.4 is 4.74 Å². The third-order valence-electron chi connectivity index (χ3n) is 5.96. The van der Waals surface area contributed by atoms with Crippen molar-refractivity contribution in [3.05, 3.63) is 41.5 Å². The quantitative estimate of drug-likeness (QED) is 0.368. The van der Waals surface area contributed by atoms with Crippen LogP contribution in [0.1, 0.15) is 63.0 Å². The van der Waals surface area contributed by atoms with Crippen molar-refractivity contribution in [2.45, 2.75) is 70.6 Å². The molecule has 0 amide bonds. The van der Waals surface area contributed by atoms with Gasteiger partial charge in [-0.3, -0.25) is 4.79 Å². The fraction of sp³-hybridized carbons (Fsp3) is 0.542. The summed E-state index contributed by atoms with van der Waals surface area (Å²) in [6, 6.07) is 8.25. The van der Waals surface area contributed by atoms with Gasteiger partial charge in [0.15, 0.2) is 0 Å². The molecule has 0 unspecified atom stereocenters. The molecule has 164 valence electrons. The van der Waals surface area contributed by atoms with Crippen molar-refractivity contribution in [1.29, 1.82) is 0 Å². The van der Waals surface area contributed by atoms with Crippen molar-refractivity contribution in [2.75, 3.05) is 7.11 Å². The van der Waals surface area contributed by atoms with E-state index >= 15 is 0 Å². The van der Waals surface area contributed by atoms with Crippen LogP contribution in [0.15, 0.2) is 30.3 Å². The summed E-state index contributed by atoms with van der Waals surface area (Å²) in [5, 5.41) is 0.766. The van der Waals surface area contributed by atoms with Gasteiger partial charge in [-0.1, -0.05) is 31.2 Å². The molecule has 0 saturated heterocycles. The van der Waals surface area contributed by atoms with Gasteiger partial charge in [0.05, 0.1) is 13.2 Å². The molecule has 1 aliphatic rings. The highest BCUT2D eigenvalue weighted by Gasteiger charge is 2.37. The van der Waals surface area contributed by atoms with Gasteiger partial charge in [0.2, 0.25) is 0 Å². The molecule has 0 atom stereocenters. The average molecular weight is 422 g/mol. The highest BCUT2D eigenvalue weighted by atomic mass is 19.4. The van der Waals surface area contributed by atoms with Crippen LogP contribution in [-0.4, -0.2) is 19.2 Å². The van der Waals surface area contributed by atoms with E-state index in [2.05, 4.69) is 11.7 Å². The lowest BCUT2D eigenvalue weighted by Gasteiger charge is -2.28. The van der Waals surface area contributed by atoms with Crippen molar-refractivity contribution < 1.29 is 27.4 Å². The van der Waals surface area contributed by atoms with Crippen LogP contribution >= 0.6 is 0 Å². The molecule has 0 heterocycles. The smallest absolute Gasteiger partial charge is 0.420 e. The van der Waals surface area contributed by atoms with Crippen LogP contribution in [0.25, 0.3) is 10.8 Å². The Balaban J connectivity index is 1.86. The maximum absolute atomic E-state index is 14.0. The Labute approximate surface area is 175 Å². The Morgan fingerprint density at radius 1 is 1.03 bits per heavy atom. The van der Waals surface area contributed by atoms with Gasteiger partial charge in [0.25, 0.3) is 0 Å². The second kappa shape index (κ2) is 9.71. The number of aryl methyl sites for hydroxylation is 1. The van der Waals surface area contributed by atoms with Crippen LogP contribution in [0.4, 0.5) is 13.2 Å². The number of methoxy groups -OCH3 is 1. The van der Waals surface area contributed by atoms with Gasteiger partial charge in [0, 0.05) is 6.42 Å². The third kappa shape index (κ3) is 5.46. The highest BCUT2D eigenvalue weighted by Crippen LogP contribution is 2.43. The minimum absolute atomic E-state index is 0.0719. The molecule has 30 heavy (non-hydrogen) atoms. The number of hydrogen-bond acceptors (Lipinski definition) is 3. The number of alkyl halides is 3. The predicted octanol–water partition coefficient (Wildman–Crippen LogP) is 6.70. The number of carbonyl (C=O) groups excluding carboxylic acids is 1. The van der Waals surface area contributed by atoms with E-state index in [0.29, 0.717) is 37.0 Å². The molecule has 2 aromatic rings. The van der Waals surface area contributed by atoms with Crippen LogP contribution in [0.5, 0.6) is 5.75 Å². The Bertz CT molecular complexity index is 868. The Kier molecular flexibility index (Phi) is 7.27. The Hall–Kier alpha value is -2.24. The maximum atomic E-state index is 14.0. The summed E-state index contributed by atoms with van der Waals surface area (Å²) in [5.74, 6) is 0.258. The van der Waals surface area contributed by atoms with Crippen LogP contribution in [0.3, 0.4) is 0 Å². The molecule has 0 radical (unpaired) electrons. The first kappa shape index (κ1) is 22.4. The van der Waals surface area contributed by atoms with Crippen molar-refractivity contribution in [3.8, 4) is 5.75 Å². The number of fused-ring (bicyclic) bond motifs is 1. The van der Waals surface area contributed by atoms with Gasteiger partial charge in [-0.25, -0.2) is 0 Å². The Morgan fingerprint density at radius 2 is 1.77 bits per heavy atom. The van der Waals surface area contributed by atoms with Gasteiger partial charge in [0.1, 0.15) is 11.3 Å². The molecule has 1 aliphatic carbocycles. The molecule has 0 spiro atoms. The molecule has 1 fully saturated rings. The fourth-order valence-corrected chi connectivity index (χ4v) is 4.23. The summed E-state index contributed by atoms with van der Waals surface area (Å²) in [4.78, 5) is 11.2. The van der Waals surface area contributed by atoms with Gasteiger partial charge >= 0.3 is 12.1 Å². The predicted molar refractivity (Wildman–Crippen MR) is 111 cm³/mol. The van der Waals surface area contributed by atoms with Gasteiger partial charge in [-0.05, 0) is 73.3 Å². The zero-order valence-corrected chi connectivity index (χ0v) is 17.6. The first-order chi connectivity index (χ1) is 14.3. The van der Waals surface area contributed by atoms with E-state index in [1.165, 1.54) is 19.2 Å². The fourth-order valence-electron chi connectivity index (χ4n) is 4.23. The van der Waals surface area contributed by atoms with Crippen molar-refractivity contribution >= 4 is 16.7 Å². The highest BCUT2D eigenvalue weighted by molar-refractivity contribution is 5.91. The second-order valence-electron chi connectivity index (χ2n) is 8.23. The summed E-state index contributed by atoms with van der Waals surface area (Å²) in [7, 11) is 1.35. The Morgan fingerprint density at radius 3 is 2.43 bits per heavy atom. The number of rotatable bonds is 7. The van der Waals surface area contributed by atoms with Crippen molar-refractivity contribution in [3.63, 3.8) is 0 Å². The number of halogens is 3. The number of benzene rings is 2. The standard InChI is InChI=1S/C24H29F3O3/c1-16-10-12-18(13-11-16)30-21-15-14-19-17(6-3-4-9-22(28)29-2)7-5-8-20(19)23(21)24(25,26)27/h5,7-8,14-16,18H,3-4,6,9-13H2,1-2H3. The van der Waals surface area contributed by atoms with Gasteiger partial charge < -0.3 is 9.47 Å². The molecule has 3 nitrogen and oxygen atoms in total. The lowest BCUT2D eigenvalue weighted by atomic mass is 9.89. The first-order valence-corrected chi connectivity index (χ1v) is 10.6. The van der Waals surface area contributed by atoms with Gasteiger partial charge in [-0.2, -0.15) is 13.2 Å². The van der Waals surface area contributed by atoms with E-state index in [-0.39, 0.29) is 23.2 Å². The lowest BCUT2D eigenvalue weighted by Crippen LogP contribution is -2.24. The summed E-state index contributed by atoms with van der Waals surface area (Å²) in [5.41, 5.74) is 0.163. The zero-order chi connectivity index (χ0) is 21.7. The zero-order valence-electron chi connectivity index (χ0n) is 17.6. The summed E-state index contributed by atoms with van der Waals surface area (Å²) in [6.07, 6.45) is 1.13. The third-order valence-corrected chi connectivity index (χ3v) is 5.96. The molecule has 3 rings (SSSR count). The number of carbonyl (C=O) groups is 1. The molecule has 2 aromatic carbocycles. The molecule has 0 bridgehead atoms. The van der Waals surface area contributed by atoms with E-state index < -0.39 is 11.7 Å². The van der Waals surface area contributed by atoms with Crippen molar-refractivity contribution in [1.82, 2.24) is 0 Å². The largest absolute Gasteiger partial charge is 0.490 e. The lowest BCUT2D eigenvalue weighted by molar-refractivity contribution is -0.141. The van der Waals surface area contributed by atoms with Crippen LogP contribution in [-0.2, 0) is 22.1 Å². The summed E-state index contributed by atoms with van der Waals surface area (Å²) >= 11 is 0. The molecule has 0 aliphatic heterocycles. The van der Waals surface area contributed by atoms with E-state index in [1.54, 1.807) is 12.1 Å². The van der Waals surface area contributed by atoms with E-state index in [1.807, 2.05) is 6.07 Å². The van der Waals surface area contributed by atoms with Crippen LogP contribution in [0.2, 0.25) is 0 Å². The number of esters is 1.